The van der Waals surface area contributed by atoms with Crippen molar-refractivity contribution in [2.75, 3.05) is 7.11 Å². The number of carbonyl (C=O) groups excluding carboxylic acids is 1. The lowest BCUT2D eigenvalue weighted by atomic mass is 10.2. The Balaban J connectivity index is 3.06. The molecule has 0 unspecified atom stereocenters. The molecular weight excluding hydrogens is 202 g/mol. The Labute approximate surface area is 85.6 Å². The monoisotopic (exact) mass is 211 g/mol. The molecule has 0 aliphatic heterocycles. The summed E-state index contributed by atoms with van der Waals surface area (Å²) in [6.45, 7) is 1.70. The summed E-state index contributed by atoms with van der Waals surface area (Å²) in [5, 5.41) is 10.6. The number of hydrogen-bond donors (Lipinski definition) is 0. The van der Waals surface area contributed by atoms with E-state index >= 15 is 0 Å². The molecule has 0 saturated heterocycles. The van der Waals surface area contributed by atoms with Crippen LogP contribution in [0.2, 0.25) is 0 Å². The Bertz CT molecular complexity index is 401. The third kappa shape index (κ3) is 2.67. The summed E-state index contributed by atoms with van der Waals surface area (Å²) in [5.41, 5.74) is 0.444. The second-order valence-corrected chi connectivity index (χ2v) is 2.78. The lowest BCUT2D eigenvalue weighted by Crippen LogP contribution is -2.08. The Morgan fingerprint density at radius 2 is 2.13 bits per heavy atom. The number of nitro benzene ring substituents is 1. The standard InChI is InChI=1S/C9H9NO5/c1-6-3-4-8(15-9(11)14-2)7(5-6)10(12)13/h3-5H,1-2H3. The maximum absolute atomic E-state index is 10.8. The van der Waals surface area contributed by atoms with E-state index in [1.165, 1.54) is 12.1 Å². The number of nitro groups is 1. The molecule has 0 aromatic heterocycles. The lowest BCUT2D eigenvalue weighted by molar-refractivity contribution is -0.385. The molecule has 1 rings (SSSR count). The molecule has 1 aromatic rings. The van der Waals surface area contributed by atoms with Crippen LogP contribution in [0, 0.1) is 17.0 Å². The number of aryl methyl sites for hydroxylation is 1. The van der Waals surface area contributed by atoms with Gasteiger partial charge in [0.15, 0.2) is 0 Å². The van der Waals surface area contributed by atoms with E-state index in [-0.39, 0.29) is 11.4 Å². The number of carbonyl (C=O) groups is 1. The van der Waals surface area contributed by atoms with Crippen LogP contribution in [0.3, 0.4) is 0 Å². The molecule has 0 radical (unpaired) electrons. The van der Waals surface area contributed by atoms with Crippen LogP contribution in [-0.2, 0) is 4.74 Å². The van der Waals surface area contributed by atoms with Crippen molar-refractivity contribution in [1.29, 1.82) is 0 Å². The van der Waals surface area contributed by atoms with Crippen LogP contribution in [0.25, 0.3) is 0 Å². The summed E-state index contributed by atoms with van der Waals surface area (Å²) in [4.78, 5) is 20.8. The van der Waals surface area contributed by atoms with Crippen LogP contribution >= 0.6 is 0 Å². The van der Waals surface area contributed by atoms with Crippen molar-refractivity contribution in [1.82, 2.24) is 0 Å². The zero-order valence-corrected chi connectivity index (χ0v) is 8.22. The van der Waals surface area contributed by atoms with E-state index in [1.54, 1.807) is 13.0 Å². The van der Waals surface area contributed by atoms with E-state index in [0.29, 0.717) is 5.56 Å². The third-order valence-corrected chi connectivity index (χ3v) is 1.67. The minimum atomic E-state index is -0.984. The van der Waals surface area contributed by atoms with Crippen LogP contribution in [0.4, 0.5) is 10.5 Å². The highest BCUT2D eigenvalue weighted by molar-refractivity contribution is 5.66. The number of methoxy groups -OCH3 is 1. The molecule has 0 fully saturated rings. The maximum Gasteiger partial charge on any atom is 0.513 e. The van der Waals surface area contributed by atoms with Gasteiger partial charge < -0.3 is 9.47 Å². The molecule has 0 spiro atoms. The van der Waals surface area contributed by atoms with Gasteiger partial charge in [0.25, 0.3) is 0 Å². The van der Waals surface area contributed by atoms with Crippen molar-refractivity contribution in [2.24, 2.45) is 0 Å². The van der Waals surface area contributed by atoms with Gasteiger partial charge in [-0.05, 0) is 18.6 Å². The van der Waals surface area contributed by atoms with E-state index in [0.717, 1.165) is 7.11 Å². The van der Waals surface area contributed by atoms with Gasteiger partial charge in [0.2, 0.25) is 5.75 Å². The third-order valence-electron chi connectivity index (χ3n) is 1.67. The average Bonchev–Trinajstić information content (AvgIpc) is 2.20. The van der Waals surface area contributed by atoms with Gasteiger partial charge in [0.05, 0.1) is 12.0 Å². The molecule has 0 atom stereocenters. The zero-order chi connectivity index (χ0) is 11.4. The van der Waals surface area contributed by atoms with Crippen LogP contribution in [0.1, 0.15) is 5.56 Å². The molecule has 0 bridgehead atoms. The van der Waals surface area contributed by atoms with Crippen molar-refractivity contribution >= 4 is 11.8 Å². The molecule has 0 saturated carbocycles. The second kappa shape index (κ2) is 4.41. The summed E-state index contributed by atoms with van der Waals surface area (Å²) in [6, 6.07) is 4.27. The van der Waals surface area contributed by atoms with Crippen molar-refractivity contribution in [3.8, 4) is 5.75 Å². The SMILES string of the molecule is COC(=O)Oc1ccc(C)cc1[N+](=O)[O-]. The Morgan fingerprint density at radius 3 is 2.67 bits per heavy atom. The van der Waals surface area contributed by atoms with Crippen LogP contribution < -0.4 is 4.74 Å². The number of rotatable bonds is 2. The number of hydrogen-bond acceptors (Lipinski definition) is 5. The molecule has 0 amide bonds. The van der Waals surface area contributed by atoms with Crippen molar-refractivity contribution < 1.29 is 19.2 Å². The molecule has 6 heteroatoms. The van der Waals surface area contributed by atoms with Crippen LogP contribution in [-0.4, -0.2) is 18.2 Å². The van der Waals surface area contributed by atoms with Gasteiger partial charge in [0, 0.05) is 6.07 Å². The number of nitrogens with zero attached hydrogens (tertiary/aromatic N) is 1. The summed E-state index contributed by atoms with van der Waals surface area (Å²) in [6.07, 6.45) is -0.984. The first kappa shape index (κ1) is 11.0. The normalized spacial score (nSPS) is 9.47. The number of ether oxygens (including phenoxy) is 2. The topological polar surface area (TPSA) is 78.7 Å². The fraction of sp³-hybridized carbons (Fsp3) is 0.222. The fourth-order valence-electron chi connectivity index (χ4n) is 0.988. The molecule has 15 heavy (non-hydrogen) atoms. The summed E-state index contributed by atoms with van der Waals surface area (Å²) >= 11 is 0. The van der Waals surface area contributed by atoms with Crippen molar-refractivity contribution in [3.63, 3.8) is 0 Å². The molecule has 0 heterocycles. The highest BCUT2D eigenvalue weighted by Crippen LogP contribution is 2.27. The smallest absolute Gasteiger partial charge is 0.437 e. The van der Waals surface area contributed by atoms with Crippen LogP contribution in [0.5, 0.6) is 5.75 Å². The average molecular weight is 211 g/mol. The molecule has 0 N–H and O–H groups in total. The van der Waals surface area contributed by atoms with E-state index in [4.69, 9.17) is 0 Å². The minimum absolute atomic E-state index is 0.127. The van der Waals surface area contributed by atoms with Gasteiger partial charge in [0.1, 0.15) is 0 Å². The number of benzene rings is 1. The minimum Gasteiger partial charge on any atom is -0.437 e. The first-order chi connectivity index (χ1) is 7.04. The molecule has 0 aliphatic rings. The first-order valence-corrected chi connectivity index (χ1v) is 4.05. The predicted molar refractivity (Wildman–Crippen MR) is 50.9 cm³/mol. The Hall–Kier alpha value is -2.11. The Kier molecular flexibility index (Phi) is 3.22. The first-order valence-electron chi connectivity index (χ1n) is 4.05. The summed E-state index contributed by atoms with van der Waals surface area (Å²) in [5.74, 6) is -0.127. The van der Waals surface area contributed by atoms with Gasteiger partial charge in [-0.3, -0.25) is 10.1 Å². The van der Waals surface area contributed by atoms with E-state index in [1.807, 2.05) is 0 Å². The lowest BCUT2D eigenvalue weighted by Gasteiger charge is -2.03. The van der Waals surface area contributed by atoms with Crippen molar-refractivity contribution in [2.45, 2.75) is 6.92 Å². The van der Waals surface area contributed by atoms with E-state index in [9.17, 15) is 14.9 Å². The van der Waals surface area contributed by atoms with Gasteiger partial charge in [-0.2, -0.15) is 0 Å². The molecule has 1 aromatic carbocycles. The quantitative estimate of drug-likeness (QED) is 0.323. The molecule has 0 aliphatic carbocycles. The summed E-state index contributed by atoms with van der Waals surface area (Å²) < 4.78 is 8.84. The largest absolute Gasteiger partial charge is 0.513 e. The predicted octanol–water partition coefficient (Wildman–Crippen LogP) is 2.05. The summed E-state index contributed by atoms with van der Waals surface area (Å²) in [7, 11) is 1.13. The van der Waals surface area contributed by atoms with Crippen molar-refractivity contribution in [3.05, 3.63) is 33.9 Å². The Morgan fingerprint density at radius 1 is 1.47 bits per heavy atom. The van der Waals surface area contributed by atoms with Gasteiger partial charge in [-0.25, -0.2) is 4.79 Å². The fourth-order valence-corrected chi connectivity index (χ4v) is 0.988. The molecule has 80 valence electrons. The second-order valence-electron chi connectivity index (χ2n) is 2.78. The van der Waals surface area contributed by atoms with E-state index < -0.39 is 11.1 Å². The maximum atomic E-state index is 10.8. The molecule has 6 nitrogen and oxygen atoms in total. The van der Waals surface area contributed by atoms with E-state index in [2.05, 4.69) is 9.47 Å². The van der Waals surface area contributed by atoms with Crippen LogP contribution in [0.15, 0.2) is 18.2 Å². The zero-order valence-electron chi connectivity index (χ0n) is 8.22. The van der Waals surface area contributed by atoms with Gasteiger partial charge in [-0.1, -0.05) is 6.07 Å². The molecular formula is C9H9NO5. The highest BCUT2D eigenvalue weighted by Gasteiger charge is 2.18. The highest BCUT2D eigenvalue weighted by atomic mass is 16.7. The van der Waals surface area contributed by atoms with Gasteiger partial charge >= 0.3 is 11.8 Å². The van der Waals surface area contributed by atoms with Gasteiger partial charge in [-0.15, -0.1) is 0 Å².